The van der Waals surface area contributed by atoms with Crippen LogP contribution in [0.15, 0.2) is 55.1 Å². The summed E-state index contributed by atoms with van der Waals surface area (Å²) in [6.45, 7) is 8.21. The predicted molar refractivity (Wildman–Crippen MR) is 124 cm³/mol. The van der Waals surface area contributed by atoms with E-state index >= 15 is 0 Å². The van der Waals surface area contributed by atoms with Crippen molar-refractivity contribution in [2.75, 3.05) is 16.8 Å². The molecule has 0 saturated carbocycles. The summed E-state index contributed by atoms with van der Waals surface area (Å²) in [6, 6.07) is 10.9. The van der Waals surface area contributed by atoms with Crippen LogP contribution < -0.4 is 10.2 Å². The van der Waals surface area contributed by atoms with Gasteiger partial charge in [0.25, 0.3) is 17.7 Å². The fourth-order valence-electron chi connectivity index (χ4n) is 4.02. The molecule has 1 N–H and O–H groups in total. The van der Waals surface area contributed by atoms with E-state index in [0.29, 0.717) is 11.4 Å². The summed E-state index contributed by atoms with van der Waals surface area (Å²) in [5.74, 6) is -2.78. The molecule has 4 rings (SSSR count). The average Bonchev–Trinajstić information content (AvgIpc) is 3.04. The van der Waals surface area contributed by atoms with Gasteiger partial charge in [0.2, 0.25) is 5.91 Å². The Balaban J connectivity index is 1.57. The van der Waals surface area contributed by atoms with E-state index < -0.39 is 35.3 Å². The maximum absolute atomic E-state index is 13.3. The van der Waals surface area contributed by atoms with Crippen LogP contribution in [0.4, 0.5) is 11.4 Å². The summed E-state index contributed by atoms with van der Waals surface area (Å²) in [6.07, 6.45) is 0.207. The minimum Gasteiger partial charge on any atom is -0.449 e. The predicted octanol–water partition coefficient (Wildman–Crippen LogP) is 2.78. The van der Waals surface area contributed by atoms with E-state index in [0.717, 1.165) is 4.90 Å². The number of imide groups is 1. The van der Waals surface area contributed by atoms with Gasteiger partial charge >= 0.3 is 5.97 Å². The van der Waals surface area contributed by atoms with Crippen LogP contribution in [0.25, 0.3) is 0 Å². The van der Waals surface area contributed by atoms with E-state index in [1.165, 1.54) is 36.1 Å². The van der Waals surface area contributed by atoms with Crippen LogP contribution in [-0.4, -0.2) is 52.7 Å². The zero-order valence-corrected chi connectivity index (χ0v) is 19.0. The van der Waals surface area contributed by atoms with Gasteiger partial charge in [0.1, 0.15) is 5.54 Å². The number of nitrogens with one attached hydrogen (secondary N) is 1. The third-order valence-electron chi connectivity index (χ3n) is 5.88. The lowest BCUT2D eigenvalue weighted by atomic mass is 9.95. The van der Waals surface area contributed by atoms with Gasteiger partial charge in [-0.05, 0) is 51.1 Å². The van der Waals surface area contributed by atoms with Crippen molar-refractivity contribution in [1.29, 1.82) is 0 Å². The Morgan fingerprint density at radius 1 is 1.09 bits per heavy atom. The lowest BCUT2D eigenvalue weighted by Gasteiger charge is -2.42. The van der Waals surface area contributed by atoms with Gasteiger partial charge in [-0.25, -0.2) is 4.79 Å². The number of hydrogen-bond acceptors (Lipinski definition) is 6. The smallest absolute Gasteiger partial charge is 0.338 e. The molecule has 2 aliphatic heterocycles. The van der Waals surface area contributed by atoms with Crippen LogP contribution >= 0.6 is 0 Å². The molecule has 0 bridgehead atoms. The highest BCUT2D eigenvalue weighted by atomic mass is 16.5. The molecule has 0 radical (unpaired) electrons. The number of nitrogens with zero attached hydrogens (tertiary/aromatic N) is 2. The minimum absolute atomic E-state index is 0.0241. The number of benzene rings is 2. The average molecular weight is 461 g/mol. The van der Waals surface area contributed by atoms with Crippen molar-refractivity contribution in [1.82, 2.24) is 4.90 Å². The highest BCUT2D eigenvalue weighted by Gasteiger charge is 2.45. The fourth-order valence-corrected chi connectivity index (χ4v) is 4.02. The normalized spacial score (nSPS) is 17.0. The van der Waals surface area contributed by atoms with E-state index in [1.54, 1.807) is 38.1 Å². The molecular formula is C25H23N3O6. The van der Waals surface area contributed by atoms with Crippen LogP contribution in [0.1, 0.15) is 51.8 Å². The molecule has 0 saturated heterocycles. The van der Waals surface area contributed by atoms with E-state index in [1.807, 2.05) is 0 Å². The third kappa shape index (κ3) is 3.55. The summed E-state index contributed by atoms with van der Waals surface area (Å²) in [4.78, 5) is 66.0. The second-order valence-corrected chi connectivity index (χ2v) is 8.52. The summed E-state index contributed by atoms with van der Waals surface area (Å²) in [7, 11) is 0. The molecule has 0 unspecified atom stereocenters. The molecule has 2 aromatic rings. The van der Waals surface area contributed by atoms with Gasteiger partial charge in [-0.15, -0.1) is 6.58 Å². The fraction of sp³-hybridized carbons (Fsp3) is 0.240. The molecular weight excluding hydrogens is 438 g/mol. The lowest BCUT2D eigenvalue weighted by molar-refractivity contribution is -0.131. The van der Waals surface area contributed by atoms with Gasteiger partial charge in [-0.3, -0.25) is 29.0 Å². The zero-order valence-electron chi connectivity index (χ0n) is 19.0. The topological polar surface area (TPSA) is 113 Å². The second kappa shape index (κ2) is 8.26. The molecule has 0 aliphatic carbocycles. The van der Waals surface area contributed by atoms with Crippen LogP contribution in [0.2, 0.25) is 0 Å². The van der Waals surface area contributed by atoms with E-state index in [4.69, 9.17) is 4.74 Å². The molecule has 2 aliphatic rings. The van der Waals surface area contributed by atoms with Crippen molar-refractivity contribution in [3.05, 3.63) is 71.8 Å². The molecule has 34 heavy (non-hydrogen) atoms. The van der Waals surface area contributed by atoms with E-state index in [-0.39, 0.29) is 29.1 Å². The molecule has 0 fully saturated rings. The van der Waals surface area contributed by atoms with Crippen molar-refractivity contribution in [3.8, 4) is 0 Å². The van der Waals surface area contributed by atoms with Crippen molar-refractivity contribution in [3.63, 3.8) is 0 Å². The Morgan fingerprint density at radius 3 is 2.47 bits per heavy atom. The molecule has 4 amide bonds. The summed E-state index contributed by atoms with van der Waals surface area (Å²) < 4.78 is 5.40. The van der Waals surface area contributed by atoms with Crippen molar-refractivity contribution in [2.24, 2.45) is 0 Å². The van der Waals surface area contributed by atoms with Gasteiger partial charge in [0.05, 0.1) is 28.1 Å². The number of carbonyl (C=O) groups is 5. The van der Waals surface area contributed by atoms with Crippen molar-refractivity contribution in [2.45, 2.75) is 32.4 Å². The Hall–Kier alpha value is -4.27. The maximum Gasteiger partial charge on any atom is 0.338 e. The summed E-state index contributed by atoms with van der Waals surface area (Å²) >= 11 is 0. The highest BCUT2D eigenvalue weighted by Crippen LogP contribution is 2.37. The Morgan fingerprint density at radius 2 is 1.76 bits per heavy atom. The van der Waals surface area contributed by atoms with Gasteiger partial charge in [0, 0.05) is 6.54 Å². The molecule has 9 nitrogen and oxygen atoms in total. The third-order valence-corrected chi connectivity index (χ3v) is 5.88. The molecule has 0 aromatic heterocycles. The largest absolute Gasteiger partial charge is 0.449 e. The molecule has 2 heterocycles. The van der Waals surface area contributed by atoms with E-state index in [9.17, 15) is 24.0 Å². The molecule has 2 aromatic carbocycles. The quantitative estimate of drug-likeness (QED) is 0.416. The van der Waals surface area contributed by atoms with Crippen molar-refractivity contribution >= 4 is 41.0 Å². The standard InChI is InChI=1S/C25H23N3O6/c1-5-12-27-21(30)16-11-10-15(13-17(16)22(27)31)23(32)34-14(2)20(29)28-19-9-7-6-8-18(19)26-24(33)25(28,3)4/h5-11,13-14H,1,12H2,2-4H3,(H,26,33)/t14-/m0/s1. The zero-order chi connectivity index (χ0) is 24.8. The Kier molecular flexibility index (Phi) is 5.56. The number of amides is 4. The summed E-state index contributed by atoms with van der Waals surface area (Å²) in [5.41, 5.74) is 0.0407. The first-order valence-electron chi connectivity index (χ1n) is 10.6. The number of rotatable bonds is 5. The Bertz CT molecular complexity index is 1270. The summed E-state index contributed by atoms with van der Waals surface area (Å²) in [5, 5.41) is 2.77. The Labute approximate surface area is 196 Å². The van der Waals surface area contributed by atoms with Gasteiger partial charge in [0.15, 0.2) is 6.10 Å². The number of hydrogen-bond donors (Lipinski definition) is 1. The minimum atomic E-state index is -1.23. The van der Waals surface area contributed by atoms with Gasteiger partial charge in [-0.1, -0.05) is 18.2 Å². The SMILES string of the molecule is C=CCN1C(=O)c2ccc(C(=O)O[C@@H](C)C(=O)N3c4ccccc4NC(=O)C3(C)C)cc2C1=O. The van der Waals surface area contributed by atoms with Crippen LogP contribution in [0.3, 0.4) is 0 Å². The number of para-hydroxylation sites is 2. The molecule has 0 spiro atoms. The number of fused-ring (bicyclic) bond motifs is 2. The first-order chi connectivity index (χ1) is 16.1. The molecule has 1 atom stereocenters. The number of carbonyl (C=O) groups excluding carboxylic acids is 5. The van der Waals surface area contributed by atoms with Gasteiger partial charge in [-0.2, -0.15) is 0 Å². The highest BCUT2D eigenvalue weighted by molar-refractivity contribution is 6.22. The van der Waals surface area contributed by atoms with Crippen LogP contribution in [0, 0.1) is 0 Å². The monoisotopic (exact) mass is 461 g/mol. The van der Waals surface area contributed by atoms with Crippen LogP contribution in [-0.2, 0) is 14.3 Å². The van der Waals surface area contributed by atoms with Crippen molar-refractivity contribution < 1.29 is 28.7 Å². The number of ether oxygens (including phenoxy) is 1. The van der Waals surface area contributed by atoms with E-state index in [2.05, 4.69) is 11.9 Å². The van der Waals surface area contributed by atoms with Gasteiger partial charge < -0.3 is 10.1 Å². The molecule has 9 heteroatoms. The molecule has 174 valence electrons. The van der Waals surface area contributed by atoms with Crippen LogP contribution in [0.5, 0.6) is 0 Å². The first kappa shape index (κ1) is 22.9. The maximum atomic E-state index is 13.3. The number of esters is 1. The second-order valence-electron chi connectivity index (χ2n) is 8.52. The lowest BCUT2D eigenvalue weighted by Crippen LogP contribution is -2.60. The number of anilines is 2. The first-order valence-corrected chi connectivity index (χ1v) is 10.6.